The lowest BCUT2D eigenvalue weighted by atomic mass is 10.2. The van der Waals surface area contributed by atoms with Gasteiger partial charge in [0.05, 0.1) is 5.69 Å². The predicted octanol–water partition coefficient (Wildman–Crippen LogP) is 1.48. The molecule has 0 amide bonds. The molecule has 1 saturated heterocycles. The van der Waals surface area contributed by atoms with Crippen molar-refractivity contribution in [1.82, 2.24) is 20.0 Å². The van der Waals surface area contributed by atoms with Crippen LogP contribution in [0.3, 0.4) is 0 Å². The maximum Gasteiger partial charge on any atom is 0.0524 e. The summed E-state index contributed by atoms with van der Waals surface area (Å²) in [5.41, 5.74) is 1.33. The third-order valence-corrected chi connectivity index (χ3v) is 3.58. The van der Waals surface area contributed by atoms with Gasteiger partial charge in [-0.1, -0.05) is 6.92 Å². The number of hydrogen-bond donors (Lipinski definition) is 1. The molecule has 4 heteroatoms. The lowest BCUT2D eigenvalue weighted by Crippen LogP contribution is -2.37. The molecule has 1 fully saturated rings. The van der Waals surface area contributed by atoms with Crippen molar-refractivity contribution in [3.63, 3.8) is 0 Å². The highest BCUT2D eigenvalue weighted by Crippen LogP contribution is 2.10. The van der Waals surface area contributed by atoms with Crippen LogP contribution in [0.5, 0.6) is 0 Å². The first-order valence-corrected chi connectivity index (χ1v) is 6.80. The van der Waals surface area contributed by atoms with E-state index in [4.69, 9.17) is 0 Å². The maximum atomic E-state index is 4.33. The SMILES string of the molecule is CCN(Cc1ccnn1CC)CC1CCCN1. The maximum absolute atomic E-state index is 4.33. The van der Waals surface area contributed by atoms with Crippen molar-refractivity contribution in [2.24, 2.45) is 0 Å². The smallest absolute Gasteiger partial charge is 0.0524 e. The van der Waals surface area contributed by atoms with Gasteiger partial charge in [0.25, 0.3) is 0 Å². The highest BCUT2D eigenvalue weighted by molar-refractivity contribution is 5.00. The fourth-order valence-corrected chi connectivity index (χ4v) is 2.54. The van der Waals surface area contributed by atoms with E-state index < -0.39 is 0 Å². The van der Waals surface area contributed by atoms with Crippen molar-refractivity contribution in [3.05, 3.63) is 18.0 Å². The summed E-state index contributed by atoms with van der Waals surface area (Å²) in [6.45, 7) is 9.81. The average Bonchev–Trinajstić information content (AvgIpc) is 2.99. The van der Waals surface area contributed by atoms with Gasteiger partial charge in [-0.2, -0.15) is 5.10 Å². The van der Waals surface area contributed by atoms with Crippen LogP contribution < -0.4 is 5.32 Å². The number of rotatable bonds is 6. The van der Waals surface area contributed by atoms with Crippen molar-refractivity contribution in [3.8, 4) is 0 Å². The number of hydrogen-bond acceptors (Lipinski definition) is 3. The van der Waals surface area contributed by atoms with Gasteiger partial charge < -0.3 is 5.32 Å². The molecule has 0 bridgehead atoms. The molecule has 1 N–H and O–H groups in total. The van der Waals surface area contributed by atoms with E-state index in [9.17, 15) is 0 Å². The second-order valence-corrected chi connectivity index (χ2v) is 4.76. The van der Waals surface area contributed by atoms with E-state index in [0.717, 1.165) is 26.2 Å². The molecule has 0 saturated carbocycles. The summed E-state index contributed by atoms with van der Waals surface area (Å²) in [7, 11) is 0. The second-order valence-electron chi connectivity index (χ2n) is 4.76. The third kappa shape index (κ3) is 3.30. The molecule has 1 aliphatic rings. The van der Waals surface area contributed by atoms with E-state index in [1.165, 1.54) is 25.1 Å². The van der Waals surface area contributed by atoms with Gasteiger partial charge in [0.1, 0.15) is 0 Å². The predicted molar refractivity (Wildman–Crippen MR) is 69.9 cm³/mol. The van der Waals surface area contributed by atoms with Crippen LogP contribution in [0.15, 0.2) is 12.3 Å². The molecule has 1 aromatic rings. The van der Waals surface area contributed by atoms with E-state index in [-0.39, 0.29) is 0 Å². The molecule has 1 aliphatic heterocycles. The number of likely N-dealkylation sites (N-methyl/N-ethyl adjacent to an activating group) is 1. The fourth-order valence-electron chi connectivity index (χ4n) is 2.54. The molecular weight excluding hydrogens is 212 g/mol. The van der Waals surface area contributed by atoms with Crippen molar-refractivity contribution < 1.29 is 0 Å². The molecule has 0 aromatic carbocycles. The molecule has 1 unspecified atom stereocenters. The first-order valence-electron chi connectivity index (χ1n) is 6.80. The summed E-state index contributed by atoms with van der Waals surface area (Å²) in [4.78, 5) is 2.51. The van der Waals surface area contributed by atoms with Gasteiger partial charge in [0.15, 0.2) is 0 Å². The van der Waals surface area contributed by atoms with Crippen LogP contribution in [0.1, 0.15) is 32.4 Å². The van der Waals surface area contributed by atoms with E-state index >= 15 is 0 Å². The lowest BCUT2D eigenvalue weighted by molar-refractivity contribution is 0.246. The first-order chi connectivity index (χ1) is 8.33. The summed E-state index contributed by atoms with van der Waals surface area (Å²) in [5.74, 6) is 0. The van der Waals surface area contributed by atoms with Crippen LogP contribution in [0, 0.1) is 0 Å². The van der Waals surface area contributed by atoms with Crippen molar-refractivity contribution in [1.29, 1.82) is 0 Å². The minimum absolute atomic E-state index is 0.688. The fraction of sp³-hybridized carbons (Fsp3) is 0.769. The zero-order valence-corrected chi connectivity index (χ0v) is 11.0. The number of aromatic nitrogens is 2. The van der Waals surface area contributed by atoms with Gasteiger partial charge in [-0.25, -0.2) is 0 Å². The van der Waals surface area contributed by atoms with Gasteiger partial charge in [0.2, 0.25) is 0 Å². The monoisotopic (exact) mass is 236 g/mol. The normalized spacial score (nSPS) is 20.3. The van der Waals surface area contributed by atoms with Gasteiger partial charge in [-0.3, -0.25) is 9.58 Å². The van der Waals surface area contributed by atoms with Crippen molar-refractivity contribution >= 4 is 0 Å². The van der Waals surface area contributed by atoms with Gasteiger partial charge in [0, 0.05) is 31.9 Å². The Kier molecular flexibility index (Phi) is 4.57. The Morgan fingerprint density at radius 1 is 1.53 bits per heavy atom. The Morgan fingerprint density at radius 3 is 3.06 bits per heavy atom. The Labute approximate surface area is 104 Å². The van der Waals surface area contributed by atoms with Crippen LogP contribution in [0.25, 0.3) is 0 Å². The molecule has 0 aliphatic carbocycles. The molecule has 1 aromatic heterocycles. The molecule has 0 radical (unpaired) electrons. The Morgan fingerprint density at radius 2 is 2.41 bits per heavy atom. The quantitative estimate of drug-likeness (QED) is 0.812. The molecule has 17 heavy (non-hydrogen) atoms. The van der Waals surface area contributed by atoms with Crippen LogP contribution in [-0.4, -0.2) is 40.4 Å². The number of aryl methyl sites for hydroxylation is 1. The average molecular weight is 236 g/mol. The largest absolute Gasteiger partial charge is 0.313 e. The molecular formula is C13H24N4. The Bertz CT molecular complexity index is 328. The van der Waals surface area contributed by atoms with Crippen molar-refractivity contribution in [2.75, 3.05) is 19.6 Å². The van der Waals surface area contributed by atoms with Gasteiger partial charge >= 0.3 is 0 Å². The highest BCUT2D eigenvalue weighted by Gasteiger charge is 2.17. The minimum atomic E-state index is 0.688. The Hall–Kier alpha value is -0.870. The first kappa shape index (κ1) is 12.6. The lowest BCUT2D eigenvalue weighted by Gasteiger charge is -2.24. The topological polar surface area (TPSA) is 33.1 Å². The minimum Gasteiger partial charge on any atom is -0.313 e. The molecule has 2 rings (SSSR count). The molecule has 4 nitrogen and oxygen atoms in total. The van der Waals surface area contributed by atoms with Gasteiger partial charge in [-0.15, -0.1) is 0 Å². The van der Waals surface area contributed by atoms with Gasteiger partial charge in [-0.05, 0) is 38.9 Å². The van der Waals surface area contributed by atoms with Crippen LogP contribution in [0.4, 0.5) is 0 Å². The van der Waals surface area contributed by atoms with E-state index in [1.807, 2.05) is 6.20 Å². The van der Waals surface area contributed by atoms with Crippen LogP contribution in [-0.2, 0) is 13.1 Å². The van der Waals surface area contributed by atoms with Crippen LogP contribution >= 0.6 is 0 Å². The standard InChI is InChI=1S/C13H24N4/c1-3-16(10-12-6-5-8-14-12)11-13-7-9-15-17(13)4-2/h7,9,12,14H,3-6,8,10-11H2,1-2H3. The summed E-state index contributed by atoms with van der Waals surface area (Å²) >= 11 is 0. The Balaban J connectivity index is 1.90. The summed E-state index contributed by atoms with van der Waals surface area (Å²) in [6, 6.07) is 2.82. The number of nitrogens with one attached hydrogen (secondary N) is 1. The number of nitrogens with zero attached hydrogens (tertiary/aromatic N) is 3. The molecule has 1 atom stereocenters. The van der Waals surface area contributed by atoms with E-state index in [1.54, 1.807) is 0 Å². The summed E-state index contributed by atoms with van der Waals surface area (Å²) in [5, 5.41) is 7.89. The zero-order chi connectivity index (χ0) is 12.1. The highest BCUT2D eigenvalue weighted by atomic mass is 15.3. The molecule has 0 spiro atoms. The van der Waals surface area contributed by atoms with E-state index in [2.05, 4.69) is 39.9 Å². The van der Waals surface area contributed by atoms with Crippen molar-refractivity contribution in [2.45, 2.75) is 45.8 Å². The van der Waals surface area contributed by atoms with E-state index in [0.29, 0.717) is 6.04 Å². The van der Waals surface area contributed by atoms with Crippen LogP contribution in [0.2, 0.25) is 0 Å². The third-order valence-electron chi connectivity index (χ3n) is 3.58. The summed E-state index contributed by atoms with van der Waals surface area (Å²) in [6.07, 6.45) is 4.55. The zero-order valence-electron chi connectivity index (χ0n) is 11.0. The molecule has 96 valence electrons. The molecule has 2 heterocycles. The summed E-state index contributed by atoms with van der Waals surface area (Å²) < 4.78 is 2.09. The second kappa shape index (κ2) is 6.17.